The molecule has 0 aromatic carbocycles. The second kappa shape index (κ2) is 5.34. The number of fused-ring (bicyclic) bond motifs is 1. The van der Waals surface area contributed by atoms with Crippen molar-refractivity contribution in [2.75, 3.05) is 0 Å². The van der Waals surface area contributed by atoms with E-state index in [2.05, 4.69) is 37.4 Å². The van der Waals surface area contributed by atoms with Gasteiger partial charge in [0.05, 0.1) is 5.41 Å². The van der Waals surface area contributed by atoms with Crippen molar-refractivity contribution >= 4 is 14.7 Å². The molecule has 5 unspecified atom stereocenters. The minimum atomic E-state index is -1.06. The Morgan fingerprint density at radius 3 is 1.92 bits per heavy atom. The van der Waals surface area contributed by atoms with Gasteiger partial charge in [-0.05, 0) is 85.5 Å². The topological polar surface area (TPSA) is 43.1 Å². The summed E-state index contributed by atoms with van der Waals surface area (Å²) >= 11 is 0. The van der Waals surface area contributed by atoms with Gasteiger partial charge in [-0.3, -0.25) is 4.79 Å². The second-order valence-corrected chi connectivity index (χ2v) is 13.6. The van der Waals surface area contributed by atoms with Crippen molar-refractivity contribution in [3.8, 4) is 0 Å². The summed E-state index contributed by atoms with van der Waals surface area (Å²) in [5, 5.41) is 0.283. The standard InChI is InChI=1S/C22H33NOSi/c1-25(2)22(19-10-16-5-3-4-6-17(16)11-19)18-8-14-7-15(9-18)13-21(22,12-14)20(23)24/h3-6,14-19,25H,7-13H2,1-2H3,(H2,23,24). The van der Waals surface area contributed by atoms with Crippen molar-refractivity contribution in [2.45, 2.75) is 63.1 Å². The Labute approximate surface area is 153 Å². The van der Waals surface area contributed by atoms with Crippen molar-refractivity contribution < 1.29 is 4.79 Å². The molecule has 5 atom stereocenters. The zero-order valence-corrected chi connectivity index (χ0v) is 16.9. The lowest BCUT2D eigenvalue weighted by atomic mass is 9.42. The molecule has 136 valence electrons. The van der Waals surface area contributed by atoms with Crippen molar-refractivity contribution in [3.05, 3.63) is 24.3 Å². The fourth-order valence-corrected chi connectivity index (χ4v) is 13.0. The normalized spacial score (nSPS) is 52.8. The number of hydrogen-bond acceptors (Lipinski definition) is 1. The molecule has 5 fully saturated rings. The highest BCUT2D eigenvalue weighted by molar-refractivity contribution is 6.60. The van der Waals surface area contributed by atoms with Crippen LogP contribution in [-0.2, 0) is 4.79 Å². The number of allylic oxidation sites excluding steroid dienone is 4. The summed E-state index contributed by atoms with van der Waals surface area (Å²) in [6.07, 6.45) is 18.4. The molecule has 0 spiro atoms. The van der Waals surface area contributed by atoms with Crippen LogP contribution < -0.4 is 5.73 Å². The number of carbonyl (C=O) groups excluding carboxylic acids is 1. The van der Waals surface area contributed by atoms with Gasteiger partial charge in [-0.15, -0.1) is 0 Å². The summed E-state index contributed by atoms with van der Waals surface area (Å²) in [5.41, 5.74) is 6.12. The van der Waals surface area contributed by atoms with Crippen LogP contribution in [0.15, 0.2) is 24.3 Å². The number of rotatable bonds is 3. The van der Waals surface area contributed by atoms with Crippen LogP contribution in [0.5, 0.6) is 0 Å². The van der Waals surface area contributed by atoms with Gasteiger partial charge in [0, 0.05) is 8.80 Å². The highest BCUT2D eigenvalue weighted by atomic mass is 28.3. The largest absolute Gasteiger partial charge is 0.369 e. The minimum Gasteiger partial charge on any atom is -0.369 e. The zero-order valence-electron chi connectivity index (χ0n) is 15.8. The van der Waals surface area contributed by atoms with Crippen molar-refractivity contribution in [3.63, 3.8) is 0 Å². The summed E-state index contributed by atoms with van der Waals surface area (Å²) < 4.78 is 0. The van der Waals surface area contributed by atoms with Gasteiger partial charge in [0.1, 0.15) is 0 Å². The molecule has 1 amide bonds. The van der Waals surface area contributed by atoms with E-state index in [9.17, 15) is 4.79 Å². The first kappa shape index (κ1) is 16.3. The third-order valence-corrected chi connectivity index (χ3v) is 12.7. The maximum atomic E-state index is 13.1. The van der Waals surface area contributed by atoms with Crippen LogP contribution in [0.1, 0.15) is 44.9 Å². The van der Waals surface area contributed by atoms with Gasteiger partial charge in [0.15, 0.2) is 0 Å². The van der Waals surface area contributed by atoms with Gasteiger partial charge < -0.3 is 5.73 Å². The predicted molar refractivity (Wildman–Crippen MR) is 105 cm³/mol. The molecule has 6 rings (SSSR count). The van der Waals surface area contributed by atoms with E-state index in [0.717, 1.165) is 36.5 Å². The highest BCUT2D eigenvalue weighted by Crippen LogP contribution is 2.77. The van der Waals surface area contributed by atoms with Gasteiger partial charge >= 0.3 is 0 Å². The van der Waals surface area contributed by atoms with Gasteiger partial charge in [-0.25, -0.2) is 0 Å². The summed E-state index contributed by atoms with van der Waals surface area (Å²) in [6.45, 7) is 5.08. The van der Waals surface area contributed by atoms with E-state index in [4.69, 9.17) is 5.73 Å². The van der Waals surface area contributed by atoms with E-state index in [1.165, 1.54) is 32.1 Å². The number of primary amides is 1. The fraction of sp³-hybridized carbons (Fsp3) is 0.773. The molecular formula is C22H33NOSi. The average Bonchev–Trinajstić information content (AvgIpc) is 2.97. The summed E-state index contributed by atoms with van der Waals surface area (Å²) in [4.78, 5) is 13.1. The van der Waals surface area contributed by atoms with Crippen LogP contribution in [-0.4, -0.2) is 14.7 Å². The molecule has 0 heterocycles. The molecule has 3 heteroatoms. The molecule has 0 aromatic heterocycles. The molecule has 25 heavy (non-hydrogen) atoms. The minimum absolute atomic E-state index is 0.0776. The second-order valence-electron chi connectivity index (χ2n) is 10.3. The Kier molecular flexibility index (Phi) is 3.49. The Balaban J connectivity index is 1.62. The Bertz CT molecular complexity index is 618. The quantitative estimate of drug-likeness (QED) is 0.754. The van der Waals surface area contributed by atoms with E-state index < -0.39 is 8.80 Å². The molecule has 4 bridgehead atoms. The molecule has 6 aliphatic carbocycles. The lowest BCUT2D eigenvalue weighted by Gasteiger charge is -2.70. The average molecular weight is 356 g/mol. The molecule has 2 nitrogen and oxygen atoms in total. The van der Waals surface area contributed by atoms with E-state index in [1.807, 2.05) is 0 Å². The molecule has 0 aromatic rings. The smallest absolute Gasteiger partial charge is 0.223 e. The number of nitrogens with two attached hydrogens (primary N) is 1. The van der Waals surface area contributed by atoms with Crippen LogP contribution in [0.2, 0.25) is 18.1 Å². The van der Waals surface area contributed by atoms with Crippen LogP contribution in [0.3, 0.4) is 0 Å². The Hall–Kier alpha value is -0.833. The summed E-state index contributed by atoms with van der Waals surface area (Å²) in [5.74, 6) is 4.58. The molecule has 5 saturated carbocycles. The first-order chi connectivity index (χ1) is 12.0. The molecule has 6 aliphatic rings. The van der Waals surface area contributed by atoms with E-state index >= 15 is 0 Å². The number of carbonyl (C=O) groups is 1. The van der Waals surface area contributed by atoms with Crippen molar-refractivity contribution in [2.24, 2.45) is 46.7 Å². The van der Waals surface area contributed by atoms with Crippen LogP contribution in [0.4, 0.5) is 0 Å². The maximum absolute atomic E-state index is 13.1. The Morgan fingerprint density at radius 1 is 0.920 bits per heavy atom. The number of hydrogen-bond donors (Lipinski definition) is 1. The third-order valence-electron chi connectivity index (χ3n) is 9.27. The lowest BCUT2D eigenvalue weighted by molar-refractivity contribution is -0.159. The first-order valence-corrected chi connectivity index (χ1v) is 13.5. The van der Waals surface area contributed by atoms with Gasteiger partial charge in [0.25, 0.3) is 0 Å². The number of amides is 1. The third kappa shape index (κ3) is 1.94. The van der Waals surface area contributed by atoms with E-state index in [-0.39, 0.29) is 16.4 Å². The van der Waals surface area contributed by atoms with Crippen LogP contribution >= 0.6 is 0 Å². The lowest BCUT2D eigenvalue weighted by Crippen LogP contribution is -2.66. The highest BCUT2D eigenvalue weighted by Gasteiger charge is 2.71. The Morgan fingerprint density at radius 2 is 1.44 bits per heavy atom. The van der Waals surface area contributed by atoms with Gasteiger partial charge in [0.2, 0.25) is 5.91 Å². The summed E-state index contributed by atoms with van der Waals surface area (Å²) in [7, 11) is -1.06. The molecule has 0 radical (unpaired) electrons. The molecule has 2 N–H and O–H groups in total. The predicted octanol–water partition coefficient (Wildman–Crippen LogP) is 4.29. The van der Waals surface area contributed by atoms with Crippen molar-refractivity contribution in [1.29, 1.82) is 0 Å². The maximum Gasteiger partial charge on any atom is 0.223 e. The van der Waals surface area contributed by atoms with Gasteiger partial charge in [-0.1, -0.05) is 37.4 Å². The fourth-order valence-electron chi connectivity index (χ4n) is 9.08. The SMILES string of the molecule is C[SiH](C)C1(C2CC3C=CC=CC3C2)C2CC3CC(C2)CC1(C(N)=O)C3. The molecule has 0 aliphatic heterocycles. The van der Waals surface area contributed by atoms with Gasteiger partial charge in [-0.2, -0.15) is 0 Å². The summed E-state index contributed by atoms with van der Waals surface area (Å²) in [6, 6.07) is 0. The van der Waals surface area contributed by atoms with Crippen LogP contribution in [0.25, 0.3) is 0 Å². The zero-order chi connectivity index (χ0) is 17.4. The van der Waals surface area contributed by atoms with E-state index in [0.29, 0.717) is 11.8 Å². The van der Waals surface area contributed by atoms with E-state index in [1.54, 1.807) is 0 Å². The molecule has 0 saturated heterocycles. The van der Waals surface area contributed by atoms with Crippen molar-refractivity contribution in [1.82, 2.24) is 0 Å². The first-order valence-electron chi connectivity index (χ1n) is 10.6. The monoisotopic (exact) mass is 355 g/mol. The van der Waals surface area contributed by atoms with Crippen LogP contribution in [0, 0.1) is 40.9 Å². The molecular weight excluding hydrogens is 322 g/mol.